The summed E-state index contributed by atoms with van der Waals surface area (Å²) in [6.45, 7) is 7.24. The highest BCUT2D eigenvalue weighted by molar-refractivity contribution is 4.87. The summed E-state index contributed by atoms with van der Waals surface area (Å²) < 4.78 is 0. The van der Waals surface area contributed by atoms with Crippen LogP contribution in [0.1, 0.15) is 26.1 Å². The maximum absolute atomic E-state index is 4.16. The first-order valence-corrected chi connectivity index (χ1v) is 5.91. The van der Waals surface area contributed by atoms with Crippen LogP contribution in [0.5, 0.6) is 0 Å². The van der Waals surface area contributed by atoms with E-state index >= 15 is 0 Å². The van der Waals surface area contributed by atoms with E-state index in [1.807, 2.05) is 6.07 Å². The second-order valence-corrected chi connectivity index (χ2v) is 4.08. The van der Waals surface area contributed by atoms with Crippen LogP contribution in [0, 0.1) is 0 Å². The molecule has 0 aliphatic heterocycles. The number of aromatic nitrogens is 2. The van der Waals surface area contributed by atoms with Gasteiger partial charge in [-0.15, -0.1) is 0 Å². The van der Waals surface area contributed by atoms with Crippen molar-refractivity contribution in [2.75, 3.05) is 20.1 Å². The minimum atomic E-state index is 0.648. The maximum Gasteiger partial charge on any atom is 0.141 e. The van der Waals surface area contributed by atoms with Crippen molar-refractivity contribution in [2.45, 2.75) is 32.9 Å². The molecule has 0 saturated heterocycles. The van der Waals surface area contributed by atoms with E-state index in [0.717, 1.165) is 25.5 Å². The molecule has 1 unspecified atom stereocenters. The average Bonchev–Trinajstić information content (AvgIpc) is 2.34. The van der Waals surface area contributed by atoms with Crippen LogP contribution >= 0.6 is 0 Å². The van der Waals surface area contributed by atoms with Gasteiger partial charge in [-0.3, -0.25) is 0 Å². The fourth-order valence-electron chi connectivity index (χ4n) is 1.41. The Morgan fingerprint density at radius 1 is 1.38 bits per heavy atom. The number of rotatable bonds is 7. The van der Waals surface area contributed by atoms with E-state index in [-0.39, 0.29) is 0 Å². The summed E-state index contributed by atoms with van der Waals surface area (Å²) in [5.41, 5.74) is 0. The number of hydrogen-bond acceptors (Lipinski definition) is 4. The van der Waals surface area contributed by atoms with Gasteiger partial charge >= 0.3 is 0 Å². The molecule has 1 aromatic rings. The van der Waals surface area contributed by atoms with Gasteiger partial charge in [-0.25, -0.2) is 9.97 Å². The molecule has 4 nitrogen and oxygen atoms in total. The molecule has 4 heteroatoms. The molecule has 0 bridgehead atoms. The van der Waals surface area contributed by atoms with Gasteiger partial charge in [0.1, 0.15) is 5.82 Å². The molecule has 0 aliphatic rings. The highest BCUT2D eigenvalue weighted by Crippen LogP contribution is 1.98. The summed E-state index contributed by atoms with van der Waals surface area (Å²) in [6, 6.07) is 2.48. The zero-order valence-corrected chi connectivity index (χ0v) is 10.5. The van der Waals surface area contributed by atoms with Crippen molar-refractivity contribution >= 4 is 0 Å². The minimum absolute atomic E-state index is 0.648. The van der Waals surface area contributed by atoms with E-state index < -0.39 is 0 Å². The molecule has 1 atom stereocenters. The fourth-order valence-corrected chi connectivity index (χ4v) is 1.41. The maximum atomic E-state index is 4.16. The molecule has 90 valence electrons. The number of hydrogen-bond donors (Lipinski definition) is 1. The molecule has 16 heavy (non-hydrogen) atoms. The molecule has 0 amide bonds. The highest BCUT2D eigenvalue weighted by Gasteiger charge is 2.05. The number of nitrogens with one attached hydrogen (secondary N) is 1. The molecule has 0 saturated carbocycles. The van der Waals surface area contributed by atoms with Gasteiger partial charge in [-0.1, -0.05) is 6.92 Å². The Kier molecular flexibility index (Phi) is 5.96. The largest absolute Gasteiger partial charge is 0.309 e. The van der Waals surface area contributed by atoms with Crippen LogP contribution in [0.4, 0.5) is 0 Å². The van der Waals surface area contributed by atoms with Crippen molar-refractivity contribution < 1.29 is 0 Å². The standard InChI is InChI=1S/C12H22N4/c1-4-11(2)16(3)9-8-13-10-12-14-6-5-7-15-12/h5-7,11,13H,4,8-10H2,1-3H3. The molecule has 1 heterocycles. The zero-order valence-electron chi connectivity index (χ0n) is 10.5. The van der Waals surface area contributed by atoms with Crippen LogP contribution < -0.4 is 5.32 Å². The van der Waals surface area contributed by atoms with E-state index in [1.54, 1.807) is 12.4 Å². The van der Waals surface area contributed by atoms with Crippen molar-refractivity contribution in [3.63, 3.8) is 0 Å². The van der Waals surface area contributed by atoms with E-state index in [4.69, 9.17) is 0 Å². The molecule has 0 radical (unpaired) electrons. The first kappa shape index (κ1) is 13.1. The van der Waals surface area contributed by atoms with Crippen LogP contribution in [0.3, 0.4) is 0 Å². The summed E-state index contributed by atoms with van der Waals surface area (Å²) in [4.78, 5) is 10.7. The minimum Gasteiger partial charge on any atom is -0.309 e. The summed E-state index contributed by atoms with van der Waals surface area (Å²) in [5.74, 6) is 0.855. The Bertz CT molecular complexity index is 276. The zero-order chi connectivity index (χ0) is 11.8. The predicted octanol–water partition coefficient (Wildman–Crippen LogP) is 1.30. The van der Waals surface area contributed by atoms with Crippen molar-refractivity contribution in [2.24, 2.45) is 0 Å². The van der Waals surface area contributed by atoms with Crippen molar-refractivity contribution in [3.05, 3.63) is 24.3 Å². The summed E-state index contributed by atoms with van der Waals surface area (Å²) in [6.07, 6.45) is 4.74. The van der Waals surface area contributed by atoms with Crippen molar-refractivity contribution in [1.82, 2.24) is 20.2 Å². The van der Waals surface area contributed by atoms with Crippen molar-refractivity contribution in [1.29, 1.82) is 0 Å². The second-order valence-electron chi connectivity index (χ2n) is 4.08. The van der Waals surface area contributed by atoms with Crippen LogP contribution in [0.25, 0.3) is 0 Å². The first-order valence-electron chi connectivity index (χ1n) is 5.91. The topological polar surface area (TPSA) is 41.0 Å². The normalized spacial score (nSPS) is 13.0. The van der Waals surface area contributed by atoms with Gasteiger partial charge in [0.15, 0.2) is 0 Å². The van der Waals surface area contributed by atoms with Crippen LogP contribution in [-0.2, 0) is 6.54 Å². The quantitative estimate of drug-likeness (QED) is 0.706. The lowest BCUT2D eigenvalue weighted by Gasteiger charge is -2.23. The van der Waals surface area contributed by atoms with E-state index in [9.17, 15) is 0 Å². The van der Waals surface area contributed by atoms with E-state index in [1.165, 1.54) is 6.42 Å². The molecule has 1 aromatic heterocycles. The second kappa shape index (κ2) is 7.30. The van der Waals surface area contributed by atoms with E-state index in [2.05, 4.69) is 41.1 Å². The Morgan fingerprint density at radius 3 is 2.69 bits per heavy atom. The molecule has 0 spiro atoms. The molecule has 1 N–H and O–H groups in total. The number of nitrogens with zero attached hydrogens (tertiary/aromatic N) is 3. The van der Waals surface area contributed by atoms with Gasteiger partial charge in [0.2, 0.25) is 0 Å². The summed E-state index contributed by atoms with van der Waals surface area (Å²) >= 11 is 0. The monoisotopic (exact) mass is 222 g/mol. The van der Waals surface area contributed by atoms with Gasteiger partial charge in [-0.2, -0.15) is 0 Å². The van der Waals surface area contributed by atoms with Gasteiger partial charge in [-0.05, 0) is 26.5 Å². The van der Waals surface area contributed by atoms with Crippen molar-refractivity contribution in [3.8, 4) is 0 Å². The summed E-state index contributed by atoms with van der Waals surface area (Å²) in [7, 11) is 2.16. The van der Waals surface area contributed by atoms with Gasteiger partial charge < -0.3 is 10.2 Å². The lowest BCUT2D eigenvalue weighted by Crippen LogP contribution is -2.35. The Labute approximate surface area is 98.1 Å². The third-order valence-corrected chi connectivity index (χ3v) is 2.89. The van der Waals surface area contributed by atoms with Crippen LogP contribution in [0.15, 0.2) is 18.5 Å². The Balaban J connectivity index is 2.13. The third-order valence-electron chi connectivity index (χ3n) is 2.89. The van der Waals surface area contributed by atoms with Gasteiger partial charge in [0.05, 0.1) is 6.54 Å². The molecule has 0 aliphatic carbocycles. The van der Waals surface area contributed by atoms with Crippen LogP contribution in [0.2, 0.25) is 0 Å². The Hall–Kier alpha value is -1.00. The molecule has 0 fully saturated rings. The predicted molar refractivity (Wildman–Crippen MR) is 66.1 cm³/mol. The lowest BCUT2D eigenvalue weighted by atomic mass is 10.2. The number of likely N-dealkylation sites (N-methyl/N-ethyl adjacent to an activating group) is 1. The highest BCUT2D eigenvalue weighted by atomic mass is 15.1. The molecule has 0 aromatic carbocycles. The van der Waals surface area contributed by atoms with Gasteiger partial charge in [0.25, 0.3) is 0 Å². The SMILES string of the molecule is CCC(C)N(C)CCNCc1ncccn1. The third kappa shape index (κ3) is 4.68. The smallest absolute Gasteiger partial charge is 0.141 e. The van der Waals surface area contributed by atoms with E-state index in [0.29, 0.717) is 6.04 Å². The Morgan fingerprint density at radius 2 is 2.06 bits per heavy atom. The summed E-state index contributed by atoms with van der Waals surface area (Å²) in [5, 5.41) is 3.34. The molecular formula is C12H22N4. The first-order chi connectivity index (χ1) is 7.74. The van der Waals surface area contributed by atoms with Gasteiger partial charge in [0, 0.05) is 31.5 Å². The average molecular weight is 222 g/mol. The fraction of sp³-hybridized carbons (Fsp3) is 0.667. The lowest BCUT2D eigenvalue weighted by molar-refractivity contribution is 0.251. The molecule has 1 rings (SSSR count). The molecular weight excluding hydrogens is 200 g/mol. The van der Waals surface area contributed by atoms with Crippen LogP contribution in [-0.4, -0.2) is 41.0 Å².